The van der Waals surface area contributed by atoms with Crippen molar-refractivity contribution in [3.63, 3.8) is 0 Å². The summed E-state index contributed by atoms with van der Waals surface area (Å²) in [6.45, 7) is 2.53. The summed E-state index contributed by atoms with van der Waals surface area (Å²) >= 11 is 0. The van der Waals surface area contributed by atoms with Crippen LogP contribution in [0.15, 0.2) is 47.6 Å². The molecule has 3 aromatic rings. The molecule has 0 aliphatic heterocycles. The Morgan fingerprint density at radius 1 is 1.27 bits per heavy atom. The number of carbonyl (C=O) groups excluding carboxylic acids is 1. The molecule has 1 saturated carbocycles. The average Bonchev–Trinajstić information content (AvgIpc) is 3.39. The standard InChI is InChI=1S/C21H23N3O5S/c1-14-12-16(19(23-13-14)29-11-10-28-2)21(7-8-21)20(25)24-30(26,27)18-5-3-4-17-15(18)6-9-22-17/h3-6,9,12-13,22H,7-8,10-11H2,1-2H3,(H,24,25). The van der Waals surface area contributed by atoms with Crippen molar-refractivity contribution in [1.29, 1.82) is 0 Å². The maximum Gasteiger partial charge on any atom is 0.264 e. The number of sulfonamides is 1. The molecule has 0 atom stereocenters. The smallest absolute Gasteiger partial charge is 0.264 e. The molecule has 30 heavy (non-hydrogen) atoms. The molecule has 0 saturated heterocycles. The van der Waals surface area contributed by atoms with Gasteiger partial charge < -0.3 is 14.5 Å². The van der Waals surface area contributed by atoms with Crippen LogP contribution in [-0.4, -0.2) is 44.6 Å². The summed E-state index contributed by atoms with van der Waals surface area (Å²) in [7, 11) is -2.48. The van der Waals surface area contributed by atoms with Gasteiger partial charge in [0.25, 0.3) is 10.0 Å². The number of H-pyrrole nitrogens is 1. The van der Waals surface area contributed by atoms with E-state index in [1.54, 1.807) is 37.7 Å². The van der Waals surface area contributed by atoms with Crippen LogP contribution < -0.4 is 9.46 Å². The van der Waals surface area contributed by atoms with E-state index in [1.807, 2.05) is 13.0 Å². The number of hydrogen-bond acceptors (Lipinski definition) is 6. The number of benzene rings is 1. The van der Waals surface area contributed by atoms with Crippen LogP contribution in [0.4, 0.5) is 0 Å². The van der Waals surface area contributed by atoms with E-state index in [9.17, 15) is 13.2 Å². The normalized spacial score (nSPS) is 15.1. The van der Waals surface area contributed by atoms with Crippen LogP contribution >= 0.6 is 0 Å². The van der Waals surface area contributed by atoms with Crippen molar-refractivity contribution in [3.8, 4) is 5.88 Å². The Hall–Kier alpha value is -2.91. The number of carbonyl (C=O) groups is 1. The lowest BCUT2D eigenvalue weighted by molar-refractivity contribution is -0.121. The molecule has 0 bridgehead atoms. The minimum absolute atomic E-state index is 0.0596. The van der Waals surface area contributed by atoms with Gasteiger partial charge in [-0.3, -0.25) is 4.79 Å². The van der Waals surface area contributed by atoms with Crippen molar-refractivity contribution in [2.24, 2.45) is 0 Å². The molecular formula is C21H23N3O5S. The molecule has 0 radical (unpaired) electrons. The quantitative estimate of drug-likeness (QED) is 0.532. The molecule has 1 aromatic carbocycles. The second kappa shape index (κ2) is 7.73. The van der Waals surface area contributed by atoms with Gasteiger partial charge >= 0.3 is 0 Å². The third kappa shape index (κ3) is 3.66. The molecule has 4 rings (SSSR count). The summed E-state index contributed by atoms with van der Waals surface area (Å²) < 4.78 is 39.0. The molecule has 9 heteroatoms. The Bertz CT molecular complexity index is 1200. The van der Waals surface area contributed by atoms with E-state index in [0.29, 0.717) is 41.8 Å². The summed E-state index contributed by atoms with van der Waals surface area (Å²) in [5, 5.41) is 0.531. The largest absolute Gasteiger partial charge is 0.475 e. The number of pyridine rings is 1. The minimum atomic E-state index is -4.05. The van der Waals surface area contributed by atoms with Crippen molar-refractivity contribution >= 4 is 26.8 Å². The SMILES string of the molecule is COCCOc1ncc(C)cc1C1(C(=O)NS(=O)(=O)c2cccc3[nH]ccc23)CC1. The van der Waals surface area contributed by atoms with Crippen LogP contribution in [0.25, 0.3) is 10.9 Å². The molecule has 2 heterocycles. The van der Waals surface area contributed by atoms with Crippen LogP contribution in [0.1, 0.15) is 24.0 Å². The molecule has 1 amide bonds. The number of aryl methyl sites for hydroxylation is 1. The van der Waals surface area contributed by atoms with Gasteiger partial charge in [0.05, 0.1) is 16.9 Å². The number of nitrogens with one attached hydrogen (secondary N) is 2. The second-order valence-corrected chi connectivity index (χ2v) is 9.07. The van der Waals surface area contributed by atoms with Crippen LogP contribution in [0.2, 0.25) is 0 Å². The van der Waals surface area contributed by atoms with Crippen LogP contribution in [-0.2, 0) is 25.0 Å². The summed E-state index contributed by atoms with van der Waals surface area (Å²) in [6, 6.07) is 8.41. The van der Waals surface area contributed by atoms with Crippen LogP contribution in [0.5, 0.6) is 5.88 Å². The number of fused-ring (bicyclic) bond motifs is 1. The Morgan fingerprint density at radius 3 is 2.80 bits per heavy atom. The number of nitrogens with zero attached hydrogens (tertiary/aromatic N) is 1. The zero-order valence-corrected chi connectivity index (χ0v) is 17.6. The number of ether oxygens (including phenoxy) is 2. The predicted octanol–water partition coefficient (Wildman–Crippen LogP) is 2.43. The molecule has 2 aromatic heterocycles. The van der Waals surface area contributed by atoms with Gasteiger partial charge in [-0.05, 0) is 49.6 Å². The van der Waals surface area contributed by atoms with Crippen molar-refractivity contribution < 1.29 is 22.7 Å². The first-order valence-corrected chi connectivity index (χ1v) is 11.1. The van der Waals surface area contributed by atoms with Gasteiger partial charge in [-0.25, -0.2) is 18.1 Å². The molecule has 8 nitrogen and oxygen atoms in total. The van der Waals surface area contributed by atoms with E-state index in [2.05, 4.69) is 14.7 Å². The van der Waals surface area contributed by atoms with Crippen LogP contribution in [0, 0.1) is 6.92 Å². The number of aromatic amines is 1. The third-order valence-electron chi connectivity index (χ3n) is 5.29. The Labute approximate surface area is 174 Å². The number of amides is 1. The van der Waals surface area contributed by atoms with E-state index in [-0.39, 0.29) is 11.5 Å². The van der Waals surface area contributed by atoms with Crippen molar-refractivity contribution in [1.82, 2.24) is 14.7 Å². The van der Waals surface area contributed by atoms with Crippen molar-refractivity contribution in [3.05, 3.63) is 53.9 Å². The molecule has 158 valence electrons. The zero-order chi connectivity index (χ0) is 21.4. The van der Waals surface area contributed by atoms with E-state index < -0.39 is 21.3 Å². The van der Waals surface area contributed by atoms with Crippen molar-refractivity contribution in [2.45, 2.75) is 30.1 Å². The molecular weight excluding hydrogens is 406 g/mol. The highest BCUT2D eigenvalue weighted by Crippen LogP contribution is 2.51. The molecule has 0 spiro atoms. The van der Waals surface area contributed by atoms with Gasteiger partial charge in [-0.15, -0.1) is 0 Å². The highest BCUT2D eigenvalue weighted by atomic mass is 32.2. The Morgan fingerprint density at radius 2 is 2.07 bits per heavy atom. The second-order valence-electron chi connectivity index (χ2n) is 7.42. The molecule has 1 aliphatic carbocycles. The van der Waals surface area contributed by atoms with E-state index in [4.69, 9.17) is 9.47 Å². The molecule has 1 fully saturated rings. The maximum absolute atomic E-state index is 13.2. The Kier molecular flexibility index (Phi) is 5.25. The first-order chi connectivity index (χ1) is 14.4. The highest BCUT2D eigenvalue weighted by Gasteiger charge is 2.54. The van der Waals surface area contributed by atoms with Gasteiger partial charge in [0.15, 0.2) is 0 Å². The van der Waals surface area contributed by atoms with Crippen LogP contribution in [0.3, 0.4) is 0 Å². The van der Waals surface area contributed by atoms with E-state index in [1.165, 1.54) is 6.07 Å². The fourth-order valence-electron chi connectivity index (χ4n) is 3.55. The van der Waals surface area contributed by atoms with E-state index in [0.717, 1.165) is 5.56 Å². The van der Waals surface area contributed by atoms with Gasteiger partial charge in [0, 0.05) is 36.0 Å². The average molecular weight is 429 g/mol. The molecule has 0 unspecified atom stereocenters. The number of hydrogen-bond donors (Lipinski definition) is 2. The number of rotatable bonds is 8. The fraction of sp³-hybridized carbons (Fsp3) is 0.333. The van der Waals surface area contributed by atoms with Crippen molar-refractivity contribution in [2.75, 3.05) is 20.3 Å². The fourth-order valence-corrected chi connectivity index (χ4v) is 4.82. The van der Waals surface area contributed by atoms with Gasteiger partial charge in [0.1, 0.15) is 6.61 Å². The lowest BCUT2D eigenvalue weighted by atomic mass is 9.95. The highest BCUT2D eigenvalue weighted by molar-refractivity contribution is 7.90. The van der Waals surface area contributed by atoms with Gasteiger partial charge in [0.2, 0.25) is 11.8 Å². The topological polar surface area (TPSA) is 110 Å². The lowest BCUT2D eigenvalue weighted by Gasteiger charge is -2.19. The monoisotopic (exact) mass is 429 g/mol. The summed E-state index contributed by atoms with van der Waals surface area (Å²) in [4.78, 5) is 20.5. The maximum atomic E-state index is 13.2. The first kappa shape index (κ1) is 20.4. The van der Waals surface area contributed by atoms with E-state index >= 15 is 0 Å². The van der Waals surface area contributed by atoms with Gasteiger partial charge in [-0.2, -0.15) is 0 Å². The molecule has 1 aliphatic rings. The first-order valence-electron chi connectivity index (χ1n) is 9.60. The summed E-state index contributed by atoms with van der Waals surface area (Å²) in [5.41, 5.74) is 1.18. The lowest BCUT2D eigenvalue weighted by Crippen LogP contribution is -2.39. The predicted molar refractivity (Wildman–Crippen MR) is 111 cm³/mol. The molecule has 2 N–H and O–H groups in total. The van der Waals surface area contributed by atoms with Gasteiger partial charge in [-0.1, -0.05) is 6.07 Å². The summed E-state index contributed by atoms with van der Waals surface area (Å²) in [6.07, 6.45) is 4.36. The Balaban J connectivity index is 1.64. The number of aromatic nitrogens is 2. The summed E-state index contributed by atoms with van der Waals surface area (Å²) in [5.74, 6) is -0.241. The third-order valence-corrected chi connectivity index (χ3v) is 6.67. The zero-order valence-electron chi connectivity index (χ0n) is 16.8. The minimum Gasteiger partial charge on any atom is -0.475 e. The number of methoxy groups -OCH3 is 1.